The van der Waals surface area contributed by atoms with Crippen LogP contribution in [0.2, 0.25) is 0 Å². The minimum atomic E-state index is -3.78. The normalized spacial score (nSPS) is 13.8. The molecule has 0 radical (unpaired) electrons. The minimum Gasteiger partial charge on any atom is -0.351 e. The van der Waals surface area contributed by atoms with E-state index < -0.39 is 10.0 Å². The predicted molar refractivity (Wildman–Crippen MR) is 91.3 cm³/mol. The lowest BCUT2D eigenvalue weighted by Gasteiger charge is -2.11. The van der Waals surface area contributed by atoms with Gasteiger partial charge in [0, 0.05) is 30.7 Å². The Labute approximate surface area is 139 Å². The van der Waals surface area contributed by atoms with E-state index in [0.29, 0.717) is 17.8 Å². The number of rotatable bonds is 3. The van der Waals surface area contributed by atoms with Gasteiger partial charge in [0.15, 0.2) is 0 Å². The molecule has 1 aliphatic heterocycles. The summed E-state index contributed by atoms with van der Waals surface area (Å²) in [6.07, 6.45) is 1.88. The van der Waals surface area contributed by atoms with Gasteiger partial charge in [-0.05, 0) is 35.9 Å². The Balaban J connectivity index is 1.76. The van der Waals surface area contributed by atoms with Crippen LogP contribution in [0.3, 0.4) is 0 Å². The van der Waals surface area contributed by atoms with Crippen LogP contribution in [-0.4, -0.2) is 18.9 Å². The maximum atomic E-state index is 12.7. The van der Waals surface area contributed by atoms with Crippen molar-refractivity contribution in [2.45, 2.75) is 11.4 Å². The lowest BCUT2D eigenvalue weighted by atomic mass is 10.1. The molecule has 0 saturated carbocycles. The van der Waals surface area contributed by atoms with E-state index in [4.69, 9.17) is 0 Å². The standard InChI is InChI=1S/C17H15N3O3S/c1-20-8-7-11-9-13(5-6-15(11)20)24(22,23)19-14-4-2-3-12-10-18-17(21)16(12)14/h2-9,19H,10H2,1H3,(H,18,21). The maximum absolute atomic E-state index is 12.7. The number of benzene rings is 2. The number of fused-ring (bicyclic) bond motifs is 2. The first-order chi connectivity index (χ1) is 11.5. The molecule has 0 atom stereocenters. The van der Waals surface area contributed by atoms with Gasteiger partial charge < -0.3 is 9.88 Å². The summed E-state index contributed by atoms with van der Waals surface area (Å²) in [6.45, 7) is 0.416. The van der Waals surface area contributed by atoms with Crippen LogP contribution in [0.25, 0.3) is 10.9 Å². The number of anilines is 1. The smallest absolute Gasteiger partial charge is 0.261 e. The average Bonchev–Trinajstić information content (AvgIpc) is 3.11. The van der Waals surface area contributed by atoms with Crippen LogP contribution in [0, 0.1) is 0 Å². The first kappa shape index (κ1) is 14.8. The van der Waals surface area contributed by atoms with Gasteiger partial charge >= 0.3 is 0 Å². The van der Waals surface area contributed by atoms with Crippen molar-refractivity contribution in [2.75, 3.05) is 4.72 Å². The molecule has 2 N–H and O–H groups in total. The van der Waals surface area contributed by atoms with Crippen molar-refractivity contribution in [1.29, 1.82) is 0 Å². The molecule has 0 aliphatic carbocycles. The number of hydrogen-bond donors (Lipinski definition) is 2. The van der Waals surface area contributed by atoms with E-state index in [9.17, 15) is 13.2 Å². The second kappa shape index (κ2) is 5.10. The van der Waals surface area contributed by atoms with Gasteiger partial charge in [0.05, 0.1) is 16.1 Å². The molecule has 6 nitrogen and oxygen atoms in total. The van der Waals surface area contributed by atoms with Crippen molar-refractivity contribution in [1.82, 2.24) is 9.88 Å². The van der Waals surface area contributed by atoms with Crippen molar-refractivity contribution < 1.29 is 13.2 Å². The first-order valence-corrected chi connectivity index (χ1v) is 8.92. The van der Waals surface area contributed by atoms with Crippen LogP contribution in [-0.2, 0) is 23.6 Å². The molecule has 7 heteroatoms. The van der Waals surface area contributed by atoms with Crippen LogP contribution in [0.4, 0.5) is 5.69 Å². The molecule has 0 bridgehead atoms. The Morgan fingerprint density at radius 3 is 2.83 bits per heavy atom. The summed E-state index contributed by atoms with van der Waals surface area (Å²) in [6, 6.07) is 12.0. The number of aryl methyl sites for hydroxylation is 1. The highest BCUT2D eigenvalue weighted by molar-refractivity contribution is 7.92. The third kappa shape index (κ3) is 2.25. The molecule has 1 amide bonds. The van der Waals surface area contributed by atoms with Gasteiger partial charge in [-0.15, -0.1) is 0 Å². The number of amides is 1. The van der Waals surface area contributed by atoms with Crippen molar-refractivity contribution in [3.8, 4) is 0 Å². The third-order valence-corrected chi connectivity index (χ3v) is 5.59. The third-order valence-electron chi connectivity index (χ3n) is 4.23. The zero-order valence-corrected chi connectivity index (χ0v) is 13.7. The molecule has 1 aliphatic rings. The van der Waals surface area contributed by atoms with Gasteiger partial charge in [0.2, 0.25) is 0 Å². The SMILES string of the molecule is Cn1ccc2cc(S(=O)(=O)Nc3cccc4c3C(=O)NC4)ccc21. The average molecular weight is 341 g/mol. The monoisotopic (exact) mass is 341 g/mol. The molecule has 3 aromatic rings. The number of aromatic nitrogens is 1. The lowest BCUT2D eigenvalue weighted by Crippen LogP contribution is -2.17. The molecule has 4 rings (SSSR count). The Hall–Kier alpha value is -2.80. The van der Waals surface area contributed by atoms with E-state index in [-0.39, 0.29) is 10.8 Å². The van der Waals surface area contributed by atoms with E-state index in [1.54, 1.807) is 36.4 Å². The zero-order valence-electron chi connectivity index (χ0n) is 12.9. The van der Waals surface area contributed by atoms with Crippen LogP contribution in [0.1, 0.15) is 15.9 Å². The van der Waals surface area contributed by atoms with E-state index in [1.807, 2.05) is 23.9 Å². The van der Waals surface area contributed by atoms with Crippen molar-refractivity contribution in [3.63, 3.8) is 0 Å². The van der Waals surface area contributed by atoms with Crippen LogP contribution < -0.4 is 10.0 Å². The summed E-state index contributed by atoms with van der Waals surface area (Å²) in [4.78, 5) is 12.1. The van der Waals surface area contributed by atoms with Gasteiger partial charge in [0.25, 0.3) is 15.9 Å². The van der Waals surface area contributed by atoms with E-state index in [0.717, 1.165) is 16.5 Å². The highest BCUT2D eigenvalue weighted by Crippen LogP contribution is 2.27. The largest absolute Gasteiger partial charge is 0.351 e. The molecular weight excluding hydrogens is 326 g/mol. The number of sulfonamides is 1. The number of carbonyl (C=O) groups excluding carboxylic acids is 1. The summed E-state index contributed by atoms with van der Waals surface area (Å²) in [7, 11) is -1.88. The summed E-state index contributed by atoms with van der Waals surface area (Å²) in [5.41, 5.74) is 2.44. The molecule has 24 heavy (non-hydrogen) atoms. The van der Waals surface area contributed by atoms with Crippen molar-refractivity contribution >= 4 is 32.5 Å². The Kier molecular flexibility index (Phi) is 3.14. The maximum Gasteiger partial charge on any atom is 0.261 e. The second-order valence-electron chi connectivity index (χ2n) is 5.78. The molecule has 1 aromatic heterocycles. The summed E-state index contributed by atoms with van der Waals surface area (Å²) < 4.78 is 29.9. The number of nitrogens with one attached hydrogen (secondary N) is 2. The lowest BCUT2D eigenvalue weighted by molar-refractivity contribution is 0.0966. The van der Waals surface area contributed by atoms with Crippen LogP contribution >= 0.6 is 0 Å². The Morgan fingerprint density at radius 1 is 1.17 bits per heavy atom. The Morgan fingerprint density at radius 2 is 2.00 bits per heavy atom. The molecule has 0 spiro atoms. The number of hydrogen-bond acceptors (Lipinski definition) is 3. The molecular formula is C17H15N3O3S. The quantitative estimate of drug-likeness (QED) is 0.766. The fourth-order valence-electron chi connectivity index (χ4n) is 3.00. The first-order valence-electron chi connectivity index (χ1n) is 7.44. The summed E-state index contributed by atoms with van der Waals surface area (Å²) in [5.74, 6) is -0.262. The highest BCUT2D eigenvalue weighted by atomic mass is 32.2. The van der Waals surface area contributed by atoms with E-state index >= 15 is 0 Å². The van der Waals surface area contributed by atoms with Gasteiger partial charge in [-0.25, -0.2) is 8.42 Å². The number of carbonyl (C=O) groups is 1. The summed E-state index contributed by atoms with van der Waals surface area (Å²) >= 11 is 0. The van der Waals surface area contributed by atoms with Crippen LogP contribution in [0.15, 0.2) is 53.6 Å². The predicted octanol–water partition coefficient (Wildman–Crippen LogP) is 2.22. The number of nitrogens with zero attached hydrogens (tertiary/aromatic N) is 1. The molecule has 0 unspecified atom stereocenters. The van der Waals surface area contributed by atoms with Gasteiger partial charge in [-0.2, -0.15) is 0 Å². The van der Waals surface area contributed by atoms with Gasteiger partial charge in [-0.3, -0.25) is 9.52 Å². The van der Waals surface area contributed by atoms with E-state index in [1.165, 1.54) is 0 Å². The molecule has 2 aromatic carbocycles. The van der Waals surface area contributed by atoms with Gasteiger partial charge in [-0.1, -0.05) is 12.1 Å². The minimum absolute atomic E-state index is 0.164. The fourth-order valence-corrected chi connectivity index (χ4v) is 4.10. The zero-order chi connectivity index (χ0) is 16.9. The molecule has 0 fully saturated rings. The van der Waals surface area contributed by atoms with Crippen molar-refractivity contribution in [2.24, 2.45) is 7.05 Å². The summed E-state index contributed by atoms with van der Waals surface area (Å²) in [5, 5.41) is 3.55. The molecule has 2 heterocycles. The topological polar surface area (TPSA) is 80.2 Å². The fraction of sp³-hybridized carbons (Fsp3) is 0.118. The second-order valence-corrected chi connectivity index (χ2v) is 7.46. The van der Waals surface area contributed by atoms with E-state index in [2.05, 4.69) is 10.0 Å². The highest BCUT2D eigenvalue weighted by Gasteiger charge is 2.25. The van der Waals surface area contributed by atoms with Gasteiger partial charge in [0.1, 0.15) is 0 Å². The van der Waals surface area contributed by atoms with Crippen molar-refractivity contribution in [3.05, 3.63) is 59.8 Å². The molecule has 122 valence electrons. The Bertz CT molecular complexity index is 1080. The van der Waals surface area contributed by atoms with Crippen LogP contribution in [0.5, 0.6) is 0 Å². The molecule has 0 saturated heterocycles.